The zero-order chi connectivity index (χ0) is 23.9. The summed E-state index contributed by atoms with van der Waals surface area (Å²) < 4.78 is 11.8. The second-order valence-corrected chi connectivity index (χ2v) is 8.59. The van der Waals surface area contributed by atoms with Crippen molar-refractivity contribution in [2.75, 3.05) is 6.61 Å². The summed E-state index contributed by atoms with van der Waals surface area (Å²) in [4.78, 5) is 0. The minimum atomic E-state index is -0.799. The molecule has 1 atom stereocenters. The van der Waals surface area contributed by atoms with E-state index in [-0.39, 0.29) is 6.10 Å². The van der Waals surface area contributed by atoms with E-state index in [2.05, 4.69) is 19.6 Å². The van der Waals surface area contributed by atoms with Crippen molar-refractivity contribution in [1.29, 1.82) is 0 Å². The van der Waals surface area contributed by atoms with Gasteiger partial charge in [0.1, 0.15) is 18.1 Å². The van der Waals surface area contributed by atoms with Crippen LogP contribution >= 0.6 is 0 Å². The van der Waals surface area contributed by atoms with Crippen molar-refractivity contribution < 1.29 is 19.5 Å². The lowest BCUT2D eigenvalue weighted by molar-refractivity contribution is 0.181. The predicted octanol–water partition coefficient (Wildman–Crippen LogP) is 6.56. The van der Waals surface area contributed by atoms with Crippen molar-refractivity contribution in [2.24, 2.45) is 0 Å². The van der Waals surface area contributed by atoms with Gasteiger partial charge >= 0.3 is 7.12 Å². The Labute approximate surface area is 202 Å². The molecule has 174 valence electrons. The van der Waals surface area contributed by atoms with Gasteiger partial charge < -0.3 is 19.5 Å². The Hall–Kier alpha value is -3.28. The van der Waals surface area contributed by atoms with Crippen molar-refractivity contribution >= 4 is 24.0 Å². The van der Waals surface area contributed by atoms with Crippen LogP contribution in [0.1, 0.15) is 31.7 Å². The fourth-order valence-corrected chi connectivity index (χ4v) is 4.36. The van der Waals surface area contributed by atoms with E-state index in [0.717, 1.165) is 52.5 Å². The lowest BCUT2D eigenvalue weighted by Gasteiger charge is -2.28. The quantitative estimate of drug-likeness (QED) is 0.360. The van der Waals surface area contributed by atoms with E-state index in [1.54, 1.807) is 6.07 Å². The third-order valence-electron chi connectivity index (χ3n) is 6.25. The third-order valence-corrected chi connectivity index (χ3v) is 6.25. The van der Waals surface area contributed by atoms with E-state index < -0.39 is 7.12 Å². The molecule has 1 aliphatic rings. The average Bonchev–Trinajstić information content (AvgIpc) is 2.87. The molecule has 0 fully saturated rings. The van der Waals surface area contributed by atoms with Crippen molar-refractivity contribution in [3.63, 3.8) is 0 Å². The Morgan fingerprint density at radius 2 is 1.82 bits per heavy atom. The number of hydrogen-bond acceptors (Lipinski definition) is 4. The second-order valence-electron chi connectivity index (χ2n) is 8.59. The normalized spacial score (nSPS) is 16.4. The van der Waals surface area contributed by atoms with E-state index in [0.29, 0.717) is 18.7 Å². The van der Waals surface area contributed by atoms with Crippen LogP contribution in [0, 0.1) is 0 Å². The van der Waals surface area contributed by atoms with E-state index in [4.69, 9.17) is 9.39 Å². The van der Waals surface area contributed by atoms with Crippen LogP contribution in [0.25, 0.3) is 16.8 Å². The number of allylic oxidation sites excluding steroid dienone is 2. The van der Waals surface area contributed by atoms with E-state index >= 15 is 0 Å². The summed E-state index contributed by atoms with van der Waals surface area (Å²) >= 11 is 0. The van der Waals surface area contributed by atoms with Gasteiger partial charge in [0.25, 0.3) is 0 Å². The Balaban J connectivity index is 1.46. The summed E-state index contributed by atoms with van der Waals surface area (Å²) in [6, 6.07) is 21.3. The first-order valence-corrected chi connectivity index (χ1v) is 11.8. The summed E-state index contributed by atoms with van der Waals surface area (Å²) in [6.07, 6.45) is 6.92. The Morgan fingerprint density at radius 3 is 2.59 bits per heavy atom. The SMILES string of the molecule is C=C(COc1ccccc1)C1=CCB(O)OC1CC/C(=C/c1ccc(O)c2ccccc12)CC. The minimum Gasteiger partial charge on any atom is -0.507 e. The number of fused-ring (bicyclic) bond motifs is 1. The molecule has 34 heavy (non-hydrogen) atoms. The summed E-state index contributed by atoms with van der Waals surface area (Å²) in [5.41, 5.74) is 4.25. The van der Waals surface area contributed by atoms with Gasteiger partial charge in [-0.1, -0.05) is 79.8 Å². The molecule has 0 radical (unpaired) electrons. The molecule has 4 nitrogen and oxygen atoms in total. The number of para-hydroxylation sites is 1. The molecule has 5 heteroatoms. The molecule has 0 saturated heterocycles. The molecule has 1 unspecified atom stereocenters. The third kappa shape index (κ3) is 5.80. The fraction of sp³-hybridized carbons (Fsp3) is 0.241. The molecule has 0 aliphatic carbocycles. The molecular formula is C29H31BO4. The first-order valence-electron chi connectivity index (χ1n) is 11.8. The number of phenols is 1. The molecule has 1 aliphatic heterocycles. The van der Waals surface area contributed by atoms with Gasteiger partial charge in [0, 0.05) is 11.7 Å². The molecule has 1 heterocycles. The van der Waals surface area contributed by atoms with Crippen LogP contribution in [0.2, 0.25) is 6.32 Å². The van der Waals surface area contributed by atoms with Crippen LogP contribution in [0.3, 0.4) is 0 Å². The molecule has 0 aromatic heterocycles. The molecule has 0 bridgehead atoms. The van der Waals surface area contributed by atoms with Crippen LogP contribution in [0.4, 0.5) is 0 Å². The highest BCUT2D eigenvalue weighted by atomic mass is 16.5. The number of ether oxygens (including phenoxy) is 1. The standard InChI is InChI=1S/C29H31BO4/c1-3-22(19-23-14-15-28(31)27-12-8-7-11-26(23)27)13-16-29-25(17-18-30(32)34-29)21(2)20-33-24-9-5-4-6-10-24/h4-12,14-15,17,19,29,31-32H,2-3,13,16,18,20H2,1H3/b22-19+. The van der Waals surface area contributed by atoms with Crippen LogP contribution in [0.15, 0.2) is 96.1 Å². The molecule has 0 amide bonds. The van der Waals surface area contributed by atoms with Gasteiger partial charge in [-0.3, -0.25) is 0 Å². The monoisotopic (exact) mass is 454 g/mol. The van der Waals surface area contributed by atoms with Gasteiger partial charge in [-0.25, -0.2) is 0 Å². The minimum absolute atomic E-state index is 0.234. The molecular weight excluding hydrogens is 423 g/mol. The van der Waals surface area contributed by atoms with Gasteiger partial charge in [-0.2, -0.15) is 0 Å². The van der Waals surface area contributed by atoms with E-state index in [1.807, 2.05) is 66.7 Å². The van der Waals surface area contributed by atoms with Gasteiger partial charge in [0.2, 0.25) is 0 Å². The Morgan fingerprint density at radius 1 is 1.09 bits per heavy atom. The first kappa shape index (κ1) is 23.9. The van der Waals surface area contributed by atoms with Crippen molar-refractivity contribution in [2.45, 2.75) is 38.6 Å². The predicted molar refractivity (Wildman–Crippen MR) is 140 cm³/mol. The van der Waals surface area contributed by atoms with E-state index in [9.17, 15) is 10.1 Å². The van der Waals surface area contributed by atoms with E-state index in [1.165, 1.54) is 5.57 Å². The summed E-state index contributed by atoms with van der Waals surface area (Å²) in [7, 11) is -0.799. The lowest BCUT2D eigenvalue weighted by atomic mass is 9.78. The lowest BCUT2D eigenvalue weighted by Crippen LogP contribution is -2.32. The molecule has 3 aromatic rings. The number of hydrogen-bond donors (Lipinski definition) is 2. The van der Waals surface area contributed by atoms with Crippen molar-refractivity contribution in [1.82, 2.24) is 0 Å². The van der Waals surface area contributed by atoms with Crippen molar-refractivity contribution in [3.8, 4) is 11.5 Å². The Kier molecular flexibility index (Phi) is 7.89. The highest BCUT2D eigenvalue weighted by Crippen LogP contribution is 2.31. The fourth-order valence-electron chi connectivity index (χ4n) is 4.36. The average molecular weight is 454 g/mol. The largest absolute Gasteiger partial charge is 0.507 e. The molecule has 0 saturated carbocycles. The van der Waals surface area contributed by atoms with Gasteiger partial charge in [0.05, 0.1) is 6.10 Å². The summed E-state index contributed by atoms with van der Waals surface area (Å²) in [5.74, 6) is 1.09. The van der Waals surface area contributed by atoms with Crippen molar-refractivity contribution in [3.05, 3.63) is 102 Å². The molecule has 3 aromatic carbocycles. The number of benzene rings is 3. The van der Waals surface area contributed by atoms with Crippen LogP contribution < -0.4 is 4.74 Å². The number of phenolic OH excluding ortho intramolecular Hbond substituents is 1. The Bertz CT molecular complexity index is 1200. The van der Waals surface area contributed by atoms with Gasteiger partial charge in [0.15, 0.2) is 0 Å². The zero-order valence-electron chi connectivity index (χ0n) is 19.6. The van der Waals surface area contributed by atoms with Crippen LogP contribution in [0.5, 0.6) is 11.5 Å². The first-order chi connectivity index (χ1) is 16.5. The summed E-state index contributed by atoms with van der Waals surface area (Å²) in [5, 5.41) is 22.2. The summed E-state index contributed by atoms with van der Waals surface area (Å²) in [6.45, 7) is 6.76. The second kappa shape index (κ2) is 11.2. The van der Waals surface area contributed by atoms with Crippen LogP contribution in [-0.2, 0) is 4.65 Å². The van der Waals surface area contributed by atoms with Gasteiger partial charge in [-0.05, 0) is 59.6 Å². The highest BCUT2D eigenvalue weighted by Gasteiger charge is 2.28. The zero-order valence-corrected chi connectivity index (χ0v) is 19.6. The molecule has 0 spiro atoms. The topological polar surface area (TPSA) is 58.9 Å². The molecule has 4 rings (SSSR count). The number of aromatic hydroxyl groups is 1. The van der Waals surface area contributed by atoms with Gasteiger partial charge in [-0.15, -0.1) is 0 Å². The maximum atomic E-state index is 10.2. The smallest absolute Gasteiger partial charge is 0.458 e. The number of rotatable bonds is 9. The maximum absolute atomic E-state index is 10.2. The molecule has 2 N–H and O–H groups in total. The maximum Gasteiger partial charge on any atom is 0.458 e. The highest BCUT2D eigenvalue weighted by molar-refractivity contribution is 6.43. The van der Waals surface area contributed by atoms with Crippen LogP contribution in [-0.4, -0.2) is 30.0 Å².